The van der Waals surface area contributed by atoms with Gasteiger partial charge in [0, 0.05) is 67.8 Å². The topological polar surface area (TPSA) is 173 Å². The van der Waals surface area contributed by atoms with Gasteiger partial charge in [-0.3, -0.25) is 24.3 Å². The molecule has 2 bridgehead atoms. The van der Waals surface area contributed by atoms with Gasteiger partial charge < -0.3 is 43.3 Å². The highest BCUT2D eigenvalue weighted by Crippen LogP contribution is 2.46. The molecule has 4 atom stereocenters. The number of urea groups is 1. The second-order valence-corrected chi connectivity index (χ2v) is 21.7. The van der Waals surface area contributed by atoms with Crippen molar-refractivity contribution in [1.29, 1.82) is 0 Å². The van der Waals surface area contributed by atoms with Crippen molar-refractivity contribution in [2.24, 2.45) is 4.99 Å². The fourth-order valence-corrected chi connectivity index (χ4v) is 10.5. The van der Waals surface area contributed by atoms with Gasteiger partial charge in [0.05, 0.1) is 70.4 Å². The first kappa shape index (κ1) is 57.4. The highest BCUT2D eigenvalue weighted by molar-refractivity contribution is 6.30. The van der Waals surface area contributed by atoms with E-state index in [1.54, 1.807) is 85.8 Å². The van der Waals surface area contributed by atoms with E-state index in [0.29, 0.717) is 63.7 Å². The number of aromatic nitrogens is 3. The summed E-state index contributed by atoms with van der Waals surface area (Å²) >= 11 is 12.7. The molecule has 2 aromatic heterocycles. The summed E-state index contributed by atoms with van der Waals surface area (Å²) in [5, 5.41) is 5.54. The van der Waals surface area contributed by atoms with Gasteiger partial charge in [0.2, 0.25) is 11.8 Å². The van der Waals surface area contributed by atoms with Gasteiger partial charge in [-0.15, -0.1) is 0 Å². The number of aliphatic imine (C=N–C) groups is 1. The molecule has 6 aromatic rings. The molecule has 0 radical (unpaired) electrons. The van der Waals surface area contributed by atoms with Gasteiger partial charge in [-0.05, 0) is 105 Å². The summed E-state index contributed by atoms with van der Waals surface area (Å²) in [5.74, 6) is 1.76. The molecule has 20 heteroatoms. The van der Waals surface area contributed by atoms with E-state index in [0.717, 1.165) is 33.7 Å². The van der Waals surface area contributed by atoms with E-state index in [4.69, 9.17) is 56.9 Å². The van der Waals surface area contributed by atoms with Crippen molar-refractivity contribution in [1.82, 2.24) is 39.1 Å². The Labute approximate surface area is 477 Å². The van der Waals surface area contributed by atoms with Gasteiger partial charge in [-0.1, -0.05) is 72.1 Å². The number of hydrogen-bond donors (Lipinski definition) is 0. The molecule has 3 aliphatic rings. The predicted molar refractivity (Wildman–Crippen MR) is 305 cm³/mol. The number of carbonyl (C=O) groups excluding carboxylic acids is 4. The monoisotopic (exact) mass is 1130 g/mol. The van der Waals surface area contributed by atoms with Crippen molar-refractivity contribution in [2.75, 3.05) is 86.4 Å². The first-order valence-corrected chi connectivity index (χ1v) is 27.9. The van der Waals surface area contributed by atoms with Gasteiger partial charge in [0.25, 0.3) is 5.91 Å². The quantitative estimate of drug-likeness (QED) is 0.0752. The number of benzene rings is 4. The summed E-state index contributed by atoms with van der Waals surface area (Å²) in [7, 11) is 3.29. The molecular weight excluding hydrogens is 1060 g/mol. The largest absolute Gasteiger partial charge is 0.497 e. The molecule has 0 saturated carbocycles. The van der Waals surface area contributed by atoms with Gasteiger partial charge >= 0.3 is 6.03 Å². The maximum Gasteiger partial charge on any atom is 0.326 e. The van der Waals surface area contributed by atoms with Crippen LogP contribution in [0.1, 0.15) is 96.0 Å². The molecule has 0 aliphatic carbocycles. The summed E-state index contributed by atoms with van der Waals surface area (Å²) in [6.07, 6.45) is 3.63. The lowest BCUT2D eigenvalue weighted by atomic mass is 9.93. The number of hydrogen-bond acceptors (Lipinski definition) is 12. The third-order valence-electron chi connectivity index (χ3n) is 14.5. The predicted octanol–water partition coefficient (Wildman–Crippen LogP) is 9.10. The average Bonchev–Trinajstić information content (AvgIpc) is 4.23. The maximum absolute atomic E-state index is 15.1. The second kappa shape index (κ2) is 25.9. The number of nitrogens with zero attached hydrogens (tertiary/aromatic N) is 9. The van der Waals surface area contributed by atoms with Crippen molar-refractivity contribution in [3.63, 3.8) is 0 Å². The molecule has 80 heavy (non-hydrogen) atoms. The van der Waals surface area contributed by atoms with E-state index >= 15 is 4.79 Å². The summed E-state index contributed by atoms with van der Waals surface area (Å²) < 4.78 is 31.7. The Morgan fingerprint density at radius 2 is 1.56 bits per heavy atom. The lowest BCUT2D eigenvalue weighted by molar-refractivity contribution is -0.135. The zero-order chi connectivity index (χ0) is 56.6. The Hall–Kier alpha value is -7.25. The van der Waals surface area contributed by atoms with E-state index in [-0.39, 0.29) is 107 Å². The Morgan fingerprint density at radius 3 is 2.27 bits per heavy atom. The molecule has 422 valence electrons. The lowest BCUT2D eigenvalue weighted by Gasteiger charge is -2.38. The molecule has 9 rings (SSSR count). The number of ether oxygens (including phenoxy) is 5. The summed E-state index contributed by atoms with van der Waals surface area (Å²) in [6, 6.07) is 26.7. The van der Waals surface area contributed by atoms with Crippen LogP contribution in [0, 0.1) is 6.92 Å². The zero-order valence-corrected chi connectivity index (χ0v) is 47.9. The number of carbonyl (C=O) groups is 4. The van der Waals surface area contributed by atoms with E-state index in [1.165, 1.54) is 0 Å². The minimum atomic E-state index is -0.626. The van der Waals surface area contributed by atoms with Gasteiger partial charge in [0.1, 0.15) is 47.3 Å². The third-order valence-corrected chi connectivity index (χ3v) is 15.0. The molecule has 5 amide bonds. The highest BCUT2D eigenvalue weighted by atomic mass is 35.5. The molecule has 0 N–H and O–H groups in total. The lowest BCUT2D eigenvalue weighted by Crippen LogP contribution is -2.56. The van der Waals surface area contributed by atoms with E-state index in [9.17, 15) is 14.4 Å². The van der Waals surface area contributed by atoms with Crippen LogP contribution in [-0.4, -0.2) is 167 Å². The fraction of sp³-hybridized carbons (Fsp3) is 0.417. The molecule has 5 heterocycles. The highest BCUT2D eigenvalue weighted by Gasteiger charge is 2.46. The van der Waals surface area contributed by atoms with Crippen molar-refractivity contribution in [3.05, 3.63) is 153 Å². The number of piperazine rings is 1. The molecule has 4 aromatic carbocycles. The van der Waals surface area contributed by atoms with Crippen LogP contribution in [0.25, 0.3) is 5.65 Å². The first-order chi connectivity index (χ1) is 38.5. The number of fused-ring (bicyclic) bond motifs is 2. The van der Waals surface area contributed by atoms with E-state index in [1.807, 2.05) is 75.5 Å². The Balaban J connectivity index is 0.762. The van der Waals surface area contributed by atoms with Gasteiger partial charge in [-0.2, -0.15) is 5.10 Å². The Bertz CT molecular complexity index is 3210. The summed E-state index contributed by atoms with van der Waals surface area (Å²) in [5.41, 5.74) is 6.16. The minimum absolute atomic E-state index is 0.113. The molecule has 18 nitrogen and oxygen atoms in total. The van der Waals surface area contributed by atoms with E-state index in [2.05, 4.69) is 25.0 Å². The standard InChI is InChI=1S/C60H69Cl2N9O9/c1-38(2)79-52-34-47(76-7)17-18-48(52)58-65-55(42-9-13-44(61)14-10-42)56(43-11-15-45(62)16-12-43)71(58)60(75)69-26-25-67(54(73)37-69)27-29-78-31-30-77-28-21-53(72)66(6)23-24-68-36-41(5)80-51-19-8-39(3)32-49(51)40(4)33-46-20-22-70-57(64-46)50(35-63-70)59(68)74/h8-20,22,32,34-35,38,40-41,55-56H,21,23-31,33,36-37H2,1-7H3/t40-,41-,55+,56-/m0/s1. The molecule has 1 saturated heterocycles. The number of rotatable bonds is 18. The molecule has 1 fully saturated rings. The van der Waals surface area contributed by atoms with Crippen LogP contribution >= 0.6 is 23.2 Å². The number of amides is 5. The van der Waals surface area contributed by atoms with Crippen molar-refractivity contribution >= 4 is 58.4 Å². The van der Waals surface area contributed by atoms with Crippen LogP contribution in [0.5, 0.6) is 17.2 Å². The number of methoxy groups -OCH3 is 1. The van der Waals surface area contributed by atoms with Crippen LogP contribution in [0.3, 0.4) is 0 Å². The van der Waals surface area contributed by atoms with Crippen molar-refractivity contribution < 1.29 is 42.9 Å². The smallest absolute Gasteiger partial charge is 0.326 e. The molecule has 0 unspecified atom stereocenters. The third kappa shape index (κ3) is 13.5. The normalized spacial score (nSPS) is 18.6. The molecular formula is C60H69Cl2N9O9. The van der Waals surface area contributed by atoms with Gasteiger partial charge in [0.15, 0.2) is 5.65 Å². The summed E-state index contributed by atoms with van der Waals surface area (Å²) in [4.78, 5) is 74.9. The van der Waals surface area contributed by atoms with Crippen LogP contribution in [0.15, 0.2) is 108 Å². The minimum Gasteiger partial charge on any atom is -0.497 e. The van der Waals surface area contributed by atoms with Crippen molar-refractivity contribution in [3.8, 4) is 17.2 Å². The number of aryl methyl sites for hydroxylation is 1. The zero-order valence-electron chi connectivity index (χ0n) is 46.3. The van der Waals surface area contributed by atoms with Crippen LogP contribution in [0.4, 0.5) is 4.79 Å². The Morgan fingerprint density at radius 1 is 0.838 bits per heavy atom. The number of likely N-dealkylation sites (N-methyl/N-ethyl adjacent to an activating group) is 1. The summed E-state index contributed by atoms with van der Waals surface area (Å²) in [6.45, 7) is 12.5. The van der Waals surface area contributed by atoms with Crippen molar-refractivity contribution in [2.45, 2.75) is 77.7 Å². The van der Waals surface area contributed by atoms with Crippen LogP contribution in [-0.2, 0) is 25.5 Å². The first-order valence-electron chi connectivity index (χ1n) is 27.1. The molecule has 3 aliphatic heterocycles. The fourth-order valence-electron chi connectivity index (χ4n) is 10.3. The number of amidine groups is 1. The van der Waals surface area contributed by atoms with Crippen LogP contribution in [0.2, 0.25) is 10.0 Å². The molecule has 0 spiro atoms. The Kier molecular flexibility index (Phi) is 18.6. The van der Waals surface area contributed by atoms with Crippen LogP contribution < -0.4 is 14.2 Å². The SMILES string of the molecule is COc1ccc(C2=N[C@H](c3ccc(Cl)cc3)[C@H](c3ccc(Cl)cc3)N2C(=O)N2CCN(CCOCCOCCC(=O)N(C)CCN3C[C@H](C)Oc4ccc(C)cc4[C@@H](C)Cc4ccn5ncc(c5n4)C3=O)C(=O)C2)c(OC(C)C)c1. The second-order valence-electron chi connectivity index (χ2n) is 20.8. The average molecular weight is 1130 g/mol. The number of halogens is 2. The van der Waals surface area contributed by atoms with Gasteiger partial charge in [-0.25, -0.2) is 14.3 Å². The maximum atomic E-state index is 15.1. The van der Waals surface area contributed by atoms with E-state index < -0.39 is 12.1 Å².